The Hall–Kier alpha value is -2.88. The average Bonchev–Trinajstić information content (AvgIpc) is 2.71. The Morgan fingerprint density at radius 2 is 1.13 bits per heavy atom. The fourth-order valence-electron chi connectivity index (χ4n) is 2.98. The number of benzene rings is 2. The Morgan fingerprint density at radius 3 is 1.53 bits per heavy atom. The molecule has 2 aromatic carbocycles. The molecule has 2 aromatic rings. The second kappa shape index (κ2) is 13.4. The minimum Gasteiger partial charge on any atom is -0.499 e. The highest BCUT2D eigenvalue weighted by Crippen LogP contribution is 2.18. The second-order valence-electron chi connectivity index (χ2n) is 6.93. The van der Waals surface area contributed by atoms with Crippen molar-refractivity contribution < 1.29 is 18.9 Å². The predicted octanol–water partition coefficient (Wildman–Crippen LogP) is 6.72. The first-order valence-electron chi connectivity index (χ1n) is 10.7. The smallest absolute Gasteiger partial charge is 0.119 e. The van der Waals surface area contributed by atoms with Gasteiger partial charge in [-0.05, 0) is 88.1 Å². The van der Waals surface area contributed by atoms with E-state index in [4.69, 9.17) is 18.9 Å². The minimum absolute atomic E-state index is 0.664. The van der Waals surface area contributed by atoms with Gasteiger partial charge in [-0.15, -0.1) is 0 Å². The molecule has 0 heterocycles. The van der Waals surface area contributed by atoms with Crippen LogP contribution in [0.1, 0.15) is 51.7 Å². The van der Waals surface area contributed by atoms with E-state index < -0.39 is 0 Å². The standard InChI is InChI=1S/C26H34O4/c1-5-27-21(3)17-23-11-9-13-25(19-23)29-15-7-8-16-30-26-14-10-12-24(20-26)18-22(4)28-6-2/h9-14,17-20H,5-8,15-16H2,1-4H3/b21-17+,22-18+. The van der Waals surface area contributed by atoms with Crippen molar-refractivity contribution >= 4 is 12.2 Å². The summed E-state index contributed by atoms with van der Waals surface area (Å²) in [6.07, 6.45) is 5.90. The molecular formula is C26H34O4. The van der Waals surface area contributed by atoms with Crippen molar-refractivity contribution in [3.63, 3.8) is 0 Å². The van der Waals surface area contributed by atoms with E-state index in [1.165, 1.54) is 0 Å². The van der Waals surface area contributed by atoms with Crippen LogP contribution in [0.25, 0.3) is 12.2 Å². The van der Waals surface area contributed by atoms with Crippen molar-refractivity contribution in [2.24, 2.45) is 0 Å². The van der Waals surface area contributed by atoms with E-state index in [2.05, 4.69) is 0 Å². The summed E-state index contributed by atoms with van der Waals surface area (Å²) in [6.45, 7) is 10.6. The molecular weight excluding hydrogens is 376 g/mol. The van der Waals surface area contributed by atoms with Crippen molar-refractivity contribution in [2.45, 2.75) is 40.5 Å². The molecule has 162 valence electrons. The van der Waals surface area contributed by atoms with E-state index in [-0.39, 0.29) is 0 Å². The highest BCUT2D eigenvalue weighted by molar-refractivity contribution is 5.53. The Kier molecular flexibility index (Phi) is 10.4. The maximum Gasteiger partial charge on any atom is 0.119 e. The quantitative estimate of drug-likeness (QED) is 0.271. The van der Waals surface area contributed by atoms with Crippen LogP contribution in [0.15, 0.2) is 60.0 Å². The lowest BCUT2D eigenvalue weighted by Crippen LogP contribution is -2.02. The monoisotopic (exact) mass is 410 g/mol. The van der Waals surface area contributed by atoms with Crippen molar-refractivity contribution in [1.29, 1.82) is 0 Å². The molecule has 4 heteroatoms. The van der Waals surface area contributed by atoms with Gasteiger partial charge in [-0.3, -0.25) is 0 Å². The molecule has 0 aliphatic carbocycles. The van der Waals surface area contributed by atoms with Gasteiger partial charge in [-0.25, -0.2) is 0 Å². The Labute approximate surface area is 181 Å². The van der Waals surface area contributed by atoms with Gasteiger partial charge in [-0.2, -0.15) is 0 Å². The molecule has 0 radical (unpaired) electrons. The molecule has 0 N–H and O–H groups in total. The van der Waals surface area contributed by atoms with Crippen molar-refractivity contribution in [3.8, 4) is 11.5 Å². The average molecular weight is 411 g/mol. The first-order chi connectivity index (χ1) is 14.6. The van der Waals surface area contributed by atoms with Crippen LogP contribution < -0.4 is 9.47 Å². The Bertz CT molecular complexity index is 754. The maximum absolute atomic E-state index is 5.88. The summed E-state index contributed by atoms with van der Waals surface area (Å²) in [6, 6.07) is 16.1. The van der Waals surface area contributed by atoms with Crippen LogP contribution in [0.2, 0.25) is 0 Å². The Morgan fingerprint density at radius 1 is 0.700 bits per heavy atom. The van der Waals surface area contributed by atoms with Crippen LogP contribution in [0, 0.1) is 0 Å². The number of hydrogen-bond acceptors (Lipinski definition) is 4. The van der Waals surface area contributed by atoms with Gasteiger partial charge in [0.15, 0.2) is 0 Å². The second-order valence-corrected chi connectivity index (χ2v) is 6.93. The maximum atomic E-state index is 5.88. The van der Waals surface area contributed by atoms with Crippen LogP contribution >= 0.6 is 0 Å². The highest BCUT2D eigenvalue weighted by atomic mass is 16.5. The van der Waals surface area contributed by atoms with E-state index in [0.29, 0.717) is 26.4 Å². The fourth-order valence-corrected chi connectivity index (χ4v) is 2.98. The lowest BCUT2D eigenvalue weighted by atomic mass is 10.2. The lowest BCUT2D eigenvalue weighted by molar-refractivity contribution is 0.234. The summed E-state index contributed by atoms with van der Waals surface area (Å²) in [4.78, 5) is 0. The van der Waals surface area contributed by atoms with E-state index in [1.54, 1.807) is 0 Å². The Balaban J connectivity index is 1.71. The molecule has 0 bridgehead atoms. The molecule has 0 aliphatic rings. The first-order valence-corrected chi connectivity index (χ1v) is 10.7. The van der Waals surface area contributed by atoms with Gasteiger partial charge in [0.25, 0.3) is 0 Å². The SMILES string of the molecule is CCO/C(C)=C/c1cccc(OCCCCOc2cccc(/C=C(\C)OCC)c2)c1. The largest absolute Gasteiger partial charge is 0.499 e. The van der Waals surface area contributed by atoms with Crippen LogP contribution in [-0.2, 0) is 9.47 Å². The molecule has 0 atom stereocenters. The van der Waals surface area contributed by atoms with Crippen LogP contribution in [0.5, 0.6) is 11.5 Å². The van der Waals surface area contributed by atoms with Crippen LogP contribution in [0.3, 0.4) is 0 Å². The van der Waals surface area contributed by atoms with Gasteiger partial charge in [0.05, 0.1) is 37.9 Å². The zero-order valence-corrected chi connectivity index (χ0v) is 18.6. The van der Waals surface area contributed by atoms with E-state index in [0.717, 1.165) is 47.0 Å². The number of ether oxygens (including phenoxy) is 4. The number of rotatable bonds is 13. The van der Waals surface area contributed by atoms with Crippen molar-refractivity contribution in [1.82, 2.24) is 0 Å². The summed E-state index contributed by atoms with van der Waals surface area (Å²) < 4.78 is 22.7. The number of allylic oxidation sites excluding steroid dienone is 2. The van der Waals surface area contributed by atoms with E-state index in [9.17, 15) is 0 Å². The zero-order chi connectivity index (χ0) is 21.6. The molecule has 0 aromatic heterocycles. The zero-order valence-electron chi connectivity index (χ0n) is 18.6. The van der Waals surface area contributed by atoms with Crippen LogP contribution in [0.4, 0.5) is 0 Å². The summed E-state index contributed by atoms with van der Waals surface area (Å²) in [5.41, 5.74) is 2.16. The van der Waals surface area contributed by atoms with Gasteiger partial charge in [0, 0.05) is 0 Å². The molecule has 0 spiro atoms. The number of hydrogen-bond donors (Lipinski definition) is 0. The van der Waals surface area contributed by atoms with Crippen molar-refractivity contribution in [2.75, 3.05) is 26.4 Å². The van der Waals surface area contributed by atoms with Gasteiger partial charge in [0.1, 0.15) is 11.5 Å². The predicted molar refractivity (Wildman–Crippen MR) is 124 cm³/mol. The van der Waals surface area contributed by atoms with Crippen LogP contribution in [-0.4, -0.2) is 26.4 Å². The summed E-state index contributed by atoms with van der Waals surface area (Å²) in [7, 11) is 0. The molecule has 0 saturated carbocycles. The van der Waals surface area contributed by atoms with Crippen molar-refractivity contribution in [3.05, 3.63) is 71.2 Å². The third-order valence-corrected chi connectivity index (χ3v) is 4.28. The summed E-state index contributed by atoms with van der Waals surface area (Å²) >= 11 is 0. The molecule has 0 fully saturated rings. The lowest BCUT2D eigenvalue weighted by Gasteiger charge is -2.09. The molecule has 0 amide bonds. The minimum atomic E-state index is 0.664. The highest BCUT2D eigenvalue weighted by Gasteiger charge is 1.99. The van der Waals surface area contributed by atoms with E-state index >= 15 is 0 Å². The normalized spacial score (nSPS) is 11.9. The van der Waals surface area contributed by atoms with E-state index in [1.807, 2.05) is 88.4 Å². The summed E-state index contributed by atoms with van der Waals surface area (Å²) in [5.74, 6) is 3.55. The number of unbranched alkanes of at least 4 members (excludes halogenated alkanes) is 1. The third kappa shape index (κ3) is 9.08. The van der Waals surface area contributed by atoms with Gasteiger partial charge < -0.3 is 18.9 Å². The topological polar surface area (TPSA) is 36.9 Å². The molecule has 0 aliphatic heterocycles. The fraction of sp³-hybridized carbons (Fsp3) is 0.385. The summed E-state index contributed by atoms with van der Waals surface area (Å²) in [5, 5.41) is 0. The molecule has 0 unspecified atom stereocenters. The molecule has 30 heavy (non-hydrogen) atoms. The van der Waals surface area contributed by atoms with Gasteiger partial charge in [-0.1, -0.05) is 24.3 Å². The van der Waals surface area contributed by atoms with Gasteiger partial charge in [0.2, 0.25) is 0 Å². The first kappa shape index (κ1) is 23.4. The molecule has 2 rings (SSSR count). The third-order valence-electron chi connectivity index (χ3n) is 4.28. The molecule has 4 nitrogen and oxygen atoms in total. The van der Waals surface area contributed by atoms with Gasteiger partial charge >= 0.3 is 0 Å². The molecule has 0 saturated heterocycles.